The SMILES string of the molecule is NCC#Cc1cnccc1C(=O)NCCCc1ncc[nH]1. The summed E-state index contributed by atoms with van der Waals surface area (Å²) in [6.07, 6.45) is 8.25. The van der Waals surface area contributed by atoms with E-state index in [9.17, 15) is 4.79 Å². The highest BCUT2D eigenvalue weighted by molar-refractivity contribution is 5.96. The number of aryl methyl sites for hydroxylation is 1. The maximum atomic E-state index is 12.1. The molecule has 2 heterocycles. The summed E-state index contributed by atoms with van der Waals surface area (Å²) in [7, 11) is 0. The third-order valence-corrected chi connectivity index (χ3v) is 2.82. The zero-order valence-electron chi connectivity index (χ0n) is 11.6. The second-order valence-electron chi connectivity index (χ2n) is 4.32. The molecule has 108 valence electrons. The molecule has 0 aliphatic carbocycles. The van der Waals surface area contributed by atoms with Gasteiger partial charge in [-0.1, -0.05) is 11.8 Å². The number of rotatable bonds is 5. The average molecular weight is 283 g/mol. The number of pyridine rings is 1. The van der Waals surface area contributed by atoms with Crippen LogP contribution in [0.4, 0.5) is 0 Å². The van der Waals surface area contributed by atoms with Crippen molar-refractivity contribution in [2.75, 3.05) is 13.1 Å². The lowest BCUT2D eigenvalue weighted by atomic mass is 10.1. The first-order chi connectivity index (χ1) is 10.3. The van der Waals surface area contributed by atoms with Crippen molar-refractivity contribution in [2.45, 2.75) is 12.8 Å². The van der Waals surface area contributed by atoms with Gasteiger partial charge in [0.2, 0.25) is 0 Å². The minimum atomic E-state index is -0.154. The molecule has 21 heavy (non-hydrogen) atoms. The predicted molar refractivity (Wildman–Crippen MR) is 79.4 cm³/mol. The Morgan fingerprint density at radius 2 is 2.33 bits per heavy atom. The van der Waals surface area contributed by atoms with Crippen molar-refractivity contribution in [3.8, 4) is 11.8 Å². The van der Waals surface area contributed by atoms with Crippen LogP contribution in [-0.2, 0) is 6.42 Å². The zero-order chi connectivity index (χ0) is 14.9. The van der Waals surface area contributed by atoms with Crippen molar-refractivity contribution in [1.82, 2.24) is 20.3 Å². The van der Waals surface area contributed by atoms with Gasteiger partial charge in [-0.25, -0.2) is 4.98 Å². The minimum Gasteiger partial charge on any atom is -0.352 e. The zero-order valence-corrected chi connectivity index (χ0v) is 11.6. The number of nitrogens with zero attached hydrogens (tertiary/aromatic N) is 2. The van der Waals surface area contributed by atoms with Crippen LogP contribution < -0.4 is 11.1 Å². The van der Waals surface area contributed by atoms with E-state index < -0.39 is 0 Å². The number of hydrogen-bond acceptors (Lipinski definition) is 4. The lowest BCUT2D eigenvalue weighted by molar-refractivity contribution is 0.0953. The molecule has 0 bridgehead atoms. The number of imidazole rings is 1. The molecular weight excluding hydrogens is 266 g/mol. The van der Waals surface area contributed by atoms with Gasteiger partial charge < -0.3 is 16.0 Å². The lowest BCUT2D eigenvalue weighted by Gasteiger charge is -2.06. The second kappa shape index (κ2) is 7.82. The van der Waals surface area contributed by atoms with Gasteiger partial charge in [0.1, 0.15) is 5.82 Å². The number of nitrogens with one attached hydrogen (secondary N) is 2. The van der Waals surface area contributed by atoms with Crippen LogP contribution in [0.5, 0.6) is 0 Å². The van der Waals surface area contributed by atoms with E-state index in [1.54, 1.807) is 30.9 Å². The molecule has 0 saturated heterocycles. The number of hydrogen-bond donors (Lipinski definition) is 3. The Hall–Kier alpha value is -2.65. The summed E-state index contributed by atoms with van der Waals surface area (Å²) < 4.78 is 0. The van der Waals surface area contributed by atoms with E-state index in [1.807, 2.05) is 0 Å². The molecule has 0 fully saturated rings. The average Bonchev–Trinajstić information content (AvgIpc) is 3.03. The van der Waals surface area contributed by atoms with Crippen molar-refractivity contribution in [2.24, 2.45) is 5.73 Å². The molecule has 0 aromatic carbocycles. The Morgan fingerprint density at radius 3 is 3.10 bits per heavy atom. The summed E-state index contributed by atoms with van der Waals surface area (Å²) in [5, 5.41) is 2.87. The Morgan fingerprint density at radius 1 is 1.43 bits per heavy atom. The van der Waals surface area contributed by atoms with Gasteiger partial charge in [0.25, 0.3) is 5.91 Å². The second-order valence-corrected chi connectivity index (χ2v) is 4.32. The number of aromatic nitrogens is 3. The third-order valence-electron chi connectivity index (χ3n) is 2.82. The van der Waals surface area contributed by atoms with Crippen LogP contribution in [0, 0.1) is 11.8 Å². The molecule has 0 radical (unpaired) electrons. The molecule has 0 aliphatic heterocycles. The standard InChI is InChI=1S/C15H17N5O/c16-6-1-3-12-11-17-8-5-13(12)15(21)20-7-2-4-14-18-9-10-19-14/h5,8-11H,2,4,6-7,16H2,(H,18,19)(H,20,21). The minimum absolute atomic E-state index is 0.154. The van der Waals surface area contributed by atoms with E-state index >= 15 is 0 Å². The molecule has 2 aromatic heterocycles. The quantitative estimate of drug-likeness (QED) is 0.549. The summed E-state index contributed by atoms with van der Waals surface area (Å²) in [5.41, 5.74) is 6.45. The van der Waals surface area contributed by atoms with Gasteiger partial charge in [-0.3, -0.25) is 9.78 Å². The highest BCUT2D eigenvalue weighted by Crippen LogP contribution is 2.05. The summed E-state index contributed by atoms with van der Waals surface area (Å²) in [6.45, 7) is 0.824. The lowest BCUT2D eigenvalue weighted by Crippen LogP contribution is -2.25. The number of H-pyrrole nitrogens is 1. The molecule has 2 rings (SSSR count). The normalized spacial score (nSPS) is 9.76. The van der Waals surface area contributed by atoms with Gasteiger partial charge in [-0.05, 0) is 12.5 Å². The number of carbonyl (C=O) groups is 1. The summed E-state index contributed by atoms with van der Waals surface area (Å²) in [5.74, 6) is 6.35. The predicted octanol–water partition coefficient (Wildman–Crippen LogP) is 0.477. The fourth-order valence-electron chi connectivity index (χ4n) is 1.83. The van der Waals surface area contributed by atoms with E-state index in [0.29, 0.717) is 17.7 Å². The molecule has 0 aliphatic rings. The molecule has 0 spiro atoms. The van der Waals surface area contributed by atoms with E-state index in [-0.39, 0.29) is 12.5 Å². The first kappa shape index (κ1) is 14.8. The smallest absolute Gasteiger partial charge is 0.252 e. The molecule has 0 saturated carbocycles. The van der Waals surface area contributed by atoms with Gasteiger partial charge in [0.15, 0.2) is 0 Å². The maximum absolute atomic E-state index is 12.1. The van der Waals surface area contributed by atoms with Crippen LogP contribution in [-0.4, -0.2) is 33.9 Å². The molecule has 6 heteroatoms. The Bertz CT molecular complexity index is 640. The summed E-state index contributed by atoms with van der Waals surface area (Å²) >= 11 is 0. The summed E-state index contributed by atoms with van der Waals surface area (Å²) in [6, 6.07) is 1.66. The van der Waals surface area contributed by atoms with Crippen LogP contribution in [0.1, 0.15) is 28.2 Å². The van der Waals surface area contributed by atoms with Crippen molar-refractivity contribution >= 4 is 5.91 Å². The topological polar surface area (TPSA) is 96.7 Å². The van der Waals surface area contributed by atoms with Crippen molar-refractivity contribution in [3.63, 3.8) is 0 Å². The number of amides is 1. The van der Waals surface area contributed by atoms with Crippen molar-refractivity contribution in [3.05, 3.63) is 47.8 Å². The third kappa shape index (κ3) is 4.44. The fraction of sp³-hybridized carbons (Fsp3) is 0.267. The number of carbonyl (C=O) groups excluding carboxylic acids is 1. The van der Waals surface area contributed by atoms with Crippen molar-refractivity contribution < 1.29 is 4.79 Å². The fourth-order valence-corrected chi connectivity index (χ4v) is 1.83. The first-order valence-corrected chi connectivity index (χ1v) is 6.70. The molecule has 6 nitrogen and oxygen atoms in total. The molecular formula is C15H17N5O. The van der Waals surface area contributed by atoms with Crippen LogP contribution in [0.3, 0.4) is 0 Å². The molecule has 4 N–H and O–H groups in total. The van der Waals surface area contributed by atoms with E-state index in [1.165, 1.54) is 0 Å². The Labute approximate surface area is 123 Å². The Kier molecular flexibility index (Phi) is 5.50. The van der Waals surface area contributed by atoms with Crippen LogP contribution in [0.2, 0.25) is 0 Å². The van der Waals surface area contributed by atoms with E-state index in [0.717, 1.165) is 18.7 Å². The van der Waals surface area contributed by atoms with Gasteiger partial charge in [-0.15, -0.1) is 0 Å². The van der Waals surface area contributed by atoms with Crippen molar-refractivity contribution in [1.29, 1.82) is 0 Å². The molecule has 1 amide bonds. The molecule has 0 atom stereocenters. The molecule has 2 aromatic rings. The van der Waals surface area contributed by atoms with Gasteiger partial charge >= 0.3 is 0 Å². The largest absolute Gasteiger partial charge is 0.352 e. The maximum Gasteiger partial charge on any atom is 0.252 e. The van der Waals surface area contributed by atoms with Gasteiger partial charge in [0.05, 0.1) is 17.7 Å². The number of aromatic amines is 1. The van der Waals surface area contributed by atoms with Gasteiger partial charge in [-0.2, -0.15) is 0 Å². The Balaban J connectivity index is 1.88. The van der Waals surface area contributed by atoms with Gasteiger partial charge in [0, 0.05) is 37.8 Å². The van der Waals surface area contributed by atoms with E-state index in [4.69, 9.17) is 5.73 Å². The van der Waals surface area contributed by atoms with Crippen LogP contribution in [0.15, 0.2) is 30.9 Å². The first-order valence-electron chi connectivity index (χ1n) is 6.70. The highest BCUT2D eigenvalue weighted by atomic mass is 16.1. The van der Waals surface area contributed by atoms with Crippen LogP contribution >= 0.6 is 0 Å². The number of nitrogens with two attached hydrogens (primary N) is 1. The highest BCUT2D eigenvalue weighted by Gasteiger charge is 2.09. The molecule has 0 unspecified atom stereocenters. The summed E-state index contributed by atoms with van der Waals surface area (Å²) in [4.78, 5) is 23.3. The van der Waals surface area contributed by atoms with E-state index in [2.05, 4.69) is 32.1 Å². The monoisotopic (exact) mass is 283 g/mol. The van der Waals surface area contributed by atoms with Crippen LogP contribution in [0.25, 0.3) is 0 Å².